The number of halogens is 1. The second kappa shape index (κ2) is 5.14. The molecule has 1 rings (SSSR count). The van der Waals surface area contributed by atoms with E-state index < -0.39 is 0 Å². The van der Waals surface area contributed by atoms with Crippen LogP contribution >= 0.6 is 11.6 Å². The van der Waals surface area contributed by atoms with Crippen molar-refractivity contribution in [1.29, 1.82) is 5.41 Å². The third-order valence-electron chi connectivity index (χ3n) is 1.85. The lowest BCUT2D eigenvalue weighted by Crippen LogP contribution is -2.14. The molecule has 0 saturated carbocycles. The highest BCUT2D eigenvalue weighted by Gasteiger charge is 2.07. The van der Waals surface area contributed by atoms with E-state index in [1.807, 2.05) is 13.8 Å². The third-order valence-corrected chi connectivity index (χ3v) is 2.16. The van der Waals surface area contributed by atoms with Crippen LogP contribution in [0.1, 0.15) is 19.4 Å². The summed E-state index contributed by atoms with van der Waals surface area (Å²) in [6.45, 7) is 4.07. The molecule has 4 heteroatoms. The quantitative estimate of drug-likeness (QED) is 0.775. The molecule has 0 amide bonds. The SMILES string of the molecule is CC(C)Oc1cc(C(=N)CN)ccc1Cl. The fourth-order valence-electron chi connectivity index (χ4n) is 1.15. The minimum Gasteiger partial charge on any atom is -0.489 e. The molecule has 0 aliphatic carbocycles. The fraction of sp³-hybridized carbons (Fsp3) is 0.364. The second-order valence-electron chi connectivity index (χ2n) is 3.49. The number of nitrogens with one attached hydrogen (secondary N) is 1. The fourth-order valence-corrected chi connectivity index (χ4v) is 1.32. The highest BCUT2D eigenvalue weighted by molar-refractivity contribution is 6.32. The van der Waals surface area contributed by atoms with Crippen LogP contribution in [-0.2, 0) is 0 Å². The van der Waals surface area contributed by atoms with Gasteiger partial charge in [0.2, 0.25) is 0 Å². The van der Waals surface area contributed by atoms with Crippen molar-refractivity contribution in [3.05, 3.63) is 28.8 Å². The van der Waals surface area contributed by atoms with Gasteiger partial charge < -0.3 is 15.9 Å². The van der Waals surface area contributed by atoms with Gasteiger partial charge in [0.1, 0.15) is 5.75 Å². The van der Waals surface area contributed by atoms with E-state index in [-0.39, 0.29) is 12.6 Å². The van der Waals surface area contributed by atoms with Gasteiger partial charge in [0.05, 0.1) is 16.8 Å². The molecule has 0 bridgehead atoms. The number of nitrogens with two attached hydrogens (primary N) is 1. The van der Waals surface area contributed by atoms with Gasteiger partial charge in [-0.15, -0.1) is 0 Å². The Hall–Kier alpha value is -1.06. The number of hydrogen-bond acceptors (Lipinski definition) is 3. The lowest BCUT2D eigenvalue weighted by atomic mass is 10.1. The zero-order chi connectivity index (χ0) is 11.4. The summed E-state index contributed by atoms with van der Waals surface area (Å²) in [5.74, 6) is 0.599. The van der Waals surface area contributed by atoms with E-state index in [1.165, 1.54) is 0 Å². The van der Waals surface area contributed by atoms with Crippen molar-refractivity contribution in [2.24, 2.45) is 5.73 Å². The average Bonchev–Trinajstić information content (AvgIpc) is 2.19. The Balaban J connectivity index is 2.99. The summed E-state index contributed by atoms with van der Waals surface area (Å²) in [5.41, 5.74) is 6.52. The van der Waals surface area contributed by atoms with Gasteiger partial charge in [-0.05, 0) is 26.0 Å². The average molecular weight is 227 g/mol. The summed E-state index contributed by atoms with van der Waals surface area (Å²) >= 11 is 5.96. The molecule has 1 aromatic rings. The smallest absolute Gasteiger partial charge is 0.138 e. The van der Waals surface area contributed by atoms with E-state index in [2.05, 4.69) is 0 Å². The molecule has 82 valence electrons. The lowest BCUT2D eigenvalue weighted by Gasteiger charge is -2.12. The highest BCUT2D eigenvalue weighted by atomic mass is 35.5. The zero-order valence-corrected chi connectivity index (χ0v) is 9.64. The van der Waals surface area contributed by atoms with E-state index in [4.69, 9.17) is 27.5 Å². The van der Waals surface area contributed by atoms with Crippen LogP contribution in [0.15, 0.2) is 18.2 Å². The van der Waals surface area contributed by atoms with Crippen molar-refractivity contribution in [2.45, 2.75) is 20.0 Å². The van der Waals surface area contributed by atoms with Crippen molar-refractivity contribution < 1.29 is 4.74 Å². The van der Waals surface area contributed by atoms with Crippen molar-refractivity contribution in [1.82, 2.24) is 0 Å². The number of rotatable bonds is 4. The standard InChI is InChI=1S/C11H15ClN2O/c1-7(2)15-11-5-8(10(14)6-13)3-4-9(11)12/h3-5,7,14H,6,13H2,1-2H3. The maximum absolute atomic E-state index is 7.60. The minimum absolute atomic E-state index is 0.0600. The second-order valence-corrected chi connectivity index (χ2v) is 3.90. The van der Waals surface area contributed by atoms with Crippen molar-refractivity contribution in [3.63, 3.8) is 0 Å². The minimum atomic E-state index is 0.0600. The molecule has 0 unspecified atom stereocenters. The Morgan fingerprint density at radius 2 is 2.20 bits per heavy atom. The summed E-state index contributed by atoms with van der Waals surface area (Å²) in [6, 6.07) is 5.24. The van der Waals surface area contributed by atoms with Gasteiger partial charge in [0.15, 0.2) is 0 Å². The molecule has 0 saturated heterocycles. The monoisotopic (exact) mass is 226 g/mol. The Morgan fingerprint density at radius 3 is 2.73 bits per heavy atom. The Bertz CT molecular complexity index is 364. The van der Waals surface area contributed by atoms with Gasteiger partial charge in [-0.2, -0.15) is 0 Å². The van der Waals surface area contributed by atoms with Crippen LogP contribution in [0.4, 0.5) is 0 Å². The number of ether oxygens (including phenoxy) is 1. The van der Waals surface area contributed by atoms with Gasteiger partial charge in [-0.3, -0.25) is 0 Å². The van der Waals surface area contributed by atoms with Crippen LogP contribution in [-0.4, -0.2) is 18.4 Å². The maximum atomic E-state index is 7.60. The molecule has 15 heavy (non-hydrogen) atoms. The van der Waals surface area contributed by atoms with Crippen LogP contribution in [0.5, 0.6) is 5.75 Å². The van der Waals surface area contributed by atoms with E-state index >= 15 is 0 Å². The van der Waals surface area contributed by atoms with Crippen molar-refractivity contribution in [2.75, 3.05) is 6.54 Å². The summed E-state index contributed by atoms with van der Waals surface area (Å²) in [7, 11) is 0. The van der Waals surface area contributed by atoms with Crippen molar-refractivity contribution in [3.8, 4) is 5.75 Å². The number of benzene rings is 1. The molecule has 1 aromatic carbocycles. The van der Waals surface area contributed by atoms with Gasteiger partial charge >= 0.3 is 0 Å². The summed E-state index contributed by atoms with van der Waals surface area (Å²) in [5, 5.41) is 8.16. The largest absolute Gasteiger partial charge is 0.489 e. The van der Waals surface area contributed by atoms with Gasteiger partial charge in [0.25, 0.3) is 0 Å². The first-order chi connectivity index (χ1) is 7.04. The lowest BCUT2D eigenvalue weighted by molar-refractivity contribution is 0.242. The van der Waals surface area contributed by atoms with Crippen LogP contribution < -0.4 is 10.5 Å². The third kappa shape index (κ3) is 3.22. The molecule has 0 atom stereocenters. The highest BCUT2D eigenvalue weighted by Crippen LogP contribution is 2.26. The first-order valence-electron chi connectivity index (χ1n) is 4.78. The molecule has 3 nitrogen and oxygen atoms in total. The molecule has 0 radical (unpaired) electrons. The zero-order valence-electron chi connectivity index (χ0n) is 8.88. The number of hydrogen-bond donors (Lipinski definition) is 2. The molecule has 0 aliphatic heterocycles. The predicted octanol–water partition coefficient (Wildman–Crippen LogP) is 2.45. The topological polar surface area (TPSA) is 59.1 Å². The molecule has 0 aliphatic rings. The van der Waals surface area contributed by atoms with E-state index in [0.717, 1.165) is 5.56 Å². The van der Waals surface area contributed by atoms with Gasteiger partial charge in [-0.25, -0.2) is 0 Å². The normalized spacial score (nSPS) is 10.5. The van der Waals surface area contributed by atoms with E-state index in [9.17, 15) is 0 Å². The maximum Gasteiger partial charge on any atom is 0.138 e. The van der Waals surface area contributed by atoms with Gasteiger partial charge in [-0.1, -0.05) is 17.7 Å². The Kier molecular flexibility index (Phi) is 4.12. The Labute approximate surface area is 94.7 Å². The molecule has 0 spiro atoms. The van der Waals surface area contributed by atoms with Crippen molar-refractivity contribution >= 4 is 17.3 Å². The van der Waals surface area contributed by atoms with E-state index in [0.29, 0.717) is 16.5 Å². The van der Waals surface area contributed by atoms with E-state index in [1.54, 1.807) is 18.2 Å². The van der Waals surface area contributed by atoms with Gasteiger partial charge in [0, 0.05) is 12.1 Å². The Morgan fingerprint density at radius 1 is 1.53 bits per heavy atom. The summed E-state index contributed by atoms with van der Waals surface area (Å²) < 4.78 is 5.51. The van der Waals surface area contributed by atoms with Crippen LogP contribution in [0.25, 0.3) is 0 Å². The molecule has 0 heterocycles. The molecule has 3 N–H and O–H groups in total. The molecule has 0 fully saturated rings. The first kappa shape index (κ1) is 12.0. The molecule has 0 aromatic heterocycles. The molecular weight excluding hydrogens is 212 g/mol. The first-order valence-corrected chi connectivity index (χ1v) is 5.16. The van der Waals surface area contributed by atoms with Crippen LogP contribution in [0, 0.1) is 5.41 Å². The van der Waals surface area contributed by atoms with Crippen LogP contribution in [0.3, 0.4) is 0 Å². The molecular formula is C11H15ClN2O. The summed E-state index contributed by atoms with van der Waals surface area (Å²) in [4.78, 5) is 0. The summed E-state index contributed by atoms with van der Waals surface area (Å²) in [6.07, 6.45) is 0.0600. The van der Waals surface area contributed by atoms with Crippen LogP contribution in [0.2, 0.25) is 5.02 Å². The predicted molar refractivity (Wildman–Crippen MR) is 63.1 cm³/mol.